The van der Waals surface area contributed by atoms with Crippen LogP contribution in [0.2, 0.25) is 0 Å². The number of carbonyl (C=O) groups is 2. The summed E-state index contributed by atoms with van der Waals surface area (Å²) < 4.78 is 0. The lowest BCUT2D eigenvalue weighted by Gasteiger charge is -2.20. The molecule has 0 spiro atoms. The van der Waals surface area contributed by atoms with Crippen molar-refractivity contribution in [1.29, 1.82) is 0 Å². The molecule has 2 rings (SSSR count). The van der Waals surface area contributed by atoms with Crippen LogP contribution in [0.3, 0.4) is 0 Å². The second kappa shape index (κ2) is 7.14. The number of carboxylic acids is 1. The summed E-state index contributed by atoms with van der Waals surface area (Å²) >= 11 is 0. The zero-order valence-corrected chi connectivity index (χ0v) is 12.1. The number of hydrogen-bond acceptors (Lipinski definition) is 5. The Morgan fingerprint density at radius 3 is 2.81 bits per heavy atom. The molecule has 1 atom stereocenters. The van der Waals surface area contributed by atoms with Crippen molar-refractivity contribution in [3.63, 3.8) is 0 Å². The summed E-state index contributed by atoms with van der Waals surface area (Å²) in [6.45, 7) is 1.56. The van der Waals surface area contributed by atoms with Crippen LogP contribution in [0.4, 0.5) is 0 Å². The SMILES string of the molecule is CC(CC(=O)O)C(=O)C[n+]1nncn1OC1CCCCC1. The van der Waals surface area contributed by atoms with Crippen LogP contribution < -0.4 is 9.63 Å². The first-order chi connectivity index (χ1) is 10.1. The molecule has 21 heavy (non-hydrogen) atoms. The van der Waals surface area contributed by atoms with Crippen molar-refractivity contribution in [2.75, 3.05) is 0 Å². The first-order valence-electron chi connectivity index (χ1n) is 7.28. The molecule has 0 bridgehead atoms. The van der Waals surface area contributed by atoms with E-state index < -0.39 is 11.9 Å². The summed E-state index contributed by atoms with van der Waals surface area (Å²) in [4.78, 5) is 31.1. The van der Waals surface area contributed by atoms with E-state index in [0.29, 0.717) is 0 Å². The minimum absolute atomic E-state index is 0.0405. The minimum atomic E-state index is -0.985. The van der Waals surface area contributed by atoms with Crippen molar-refractivity contribution < 1.29 is 24.3 Å². The highest BCUT2D eigenvalue weighted by Crippen LogP contribution is 2.18. The van der Waals surface area contributed by atoms with E-state index in [1.807, 2.05) is 0 Å². The molecular weight excluding hydrogens is 276 g/mol. The molecular formula is C13H21N4O4+. The molecule has 1 fully saturated rings. The third-order valence-electron chi connectivity index (χ3n) is 3.67. The van der Waals surface area contributed by atoms with Crippen LogP contribution in [0.5, 0.6) is 0 Å². The number of tetrazole rings is 1. The summed E-state index contributed by atoms with van der Waals surface area (Å²) in [5.74, 6) is -1.75. The van der Waals surface area contributed by atoms with Gasteiger partial charge in [-0.2, -0.15) is 0 Å². The summed E-state index contributed by atoms with van der Waals surface area (Å²) in [5, 5.41) is 16.3. The number of carbonyl (C=O) groups excluding carboxylic acids is 1. The van der Waals surface area contributed by atoms with Crippen molar-refractivity contribution in [3.05, 3.63) is 6.33 Å². The lowest BCUT2D eigenvalue weighted by Crippen LogP contribution is -2.53. The molecule has 1 N–H and O–H groups in total. The van der Waals surface area contributed by atoms with E-state index in [0.717, 1.165) is 25.7 Å². The summed E-state index contributed by atoms with van der Waals surface area (Å²) in [7, 11) is 0. The third-order valence-corrected chi connectivity index (χ3v) is 3.67. The van der Waals surface area contributed by atoms with Gasteiger partial charge in [0.05, 0.1) is 11.5 Å². The minimum Gasteiger partial charge on any atom is -0.481 e. The molecule has 0 amide bonds. The molecule has 116 valence electrons. The van der Waals surface area contributed by atoms with Gasteiger partial charge in [-0.1, -0.05) is 13.3 Å². The zero-order valence-electron chi connectivity index (χ0n) is 12.1. The molecule has 1 aliphatic rings. The first-order valence-corrected chi connectivity index (χ1v) is 7.28. The Balaban J connectivity index is 1.93. The molecule has 1 heterocycles. The highest BCUT2D eigenvalue weighted by Gasteiger charge is 2.24. The van der Waals surface area contributed by atoms with Gasteiger partial charge in [0.1, 0.15) is 6.10 Å². The zero-order chi connectivity index (χ0) is 15.2. The maximum Gasteiger partial charge on any atom is 0.313 e. The van der Waals surface area contributed by atoms with E-state index in [2.05, 4.69) is 10.3 Å². The molecule has 0 aromatic carbocycles. The summed E-state index contributed by atoms with van der Waals surface area (Å²) in [6, 6.07) is 0. The largest absolute Gasteiger partial charge is 0.481 e. The summed E-state index contributed by atoms with van der Waals surface area (Å²) in [6.07, 6.45) is 6.84. The maximum atomic E-state index is 12.0. The van der Waals surface area contributed by atoms with Gasteiger partial charge in [0.25, 0.3) is 0 Å². The number of hydrogen-bond donors (Lipinski definition) is 1. The van der Waals surface area contributed by atoms with Crippen molar-refractivity contribution in [3.8, 4) is 0 Å². The fourth-order valence-corrected chi connectivity index (χ4v) is 2.40. The Morgan fingerprint density at radius 2 is 2.14 bits per heavy atom. The van der Waals surface area contributed by atoms with Crippen molar-refractivity contribution >= 4 is 11.8 Å². The van der Waals surface area contributed by atoms with Gasteiger partial charge in [-0.3, -0.25) is 9.59 Å². The predicted octanol–water partition coefficient (Wildman–Crippen LogP) is 0.00680. The number of carboxylic acid groups (broad SMARTS) is 1. The smallest absolute Gasteiger partial charge is 0.313 e. The van der Waals surface area contributed by atoms with Crippen LogP contribution in [0, 0.1) is 5.92 Å². The van der Waals surface area contributed by atoms with Crippen molar-refractivity contribution in [2.45, 2.75) is 58.1 Å². The Bertz CT molecular complexity index is 496. The van der Waals surface area contributed by atoms with E-state index >= 15 is 0 Å². The van der Waals surface area contributed by atoms with Gasteiger partial charge in [0.2, 0.25) is 0 Å². The van der Waals surface area contributed by atoms with Crippen molar-refractivity contribution in [1.82, 2.24) is 15.2 Å². The number of ketones is 1. The number of nitrogens with zero attached hydrogens (tertiary/aromatic N) is 4. The van der Waals surface area contributed by atoms with E-state index in [9.17, 15) is 9.59 Å². The van der Waals surface area contributed by atoms with E-state index in [1.54, 1.807) is 6.92 Å². The van der Waals surface area contributed by atoms with E-state index in [1.165, 1.54) is 22.4 Å². The lowest BCUT2D eigenvalue weighted by molar-refractivity contribution is -0.840. The Hall–Kier alpha value is -1.99. The van der Waals surface area contributed by atoms with Gasteiger partial charge < -0.3 is 9.94 Å². The maximum absolute atomic E-state index is 12.0. The Labute approximate surface area is 122 Å². The van der Waals surface area contributed by atoms with E-state index in [-0.39, 0.29) is 24.9 Å². The van der Waals surface area contributed by atoms with Gasteiger partial charge in [-0.15, -0.1) is 0 Å². The van der Waals surface area contributed by atoms with Crippen LogP contribution in [0.1, 0.15) is 45.4 Å². The fraction of sp³-hybridized carbons (Fsp3) is 0.769. The highest BCUT2D eigenvalue weighted by molar-refractivity contribution is 5.83. The molecule has 8 nitrogen and oxygen atoms in total. The monoisotopic (exact) mass is 297 g/mol. The average molecular weight is 297 g/mol. The van der Waals surface area contributed by atoms with Gasteiger partial charge in [-0.05, 0) is 30.5 Å². The van der Waals surface area contributed by atoms with Crippen LogP contribution >= 0.6 is 0 Å². The van der Waals surface area contributed by atoms with Crippen LogP contribution in [0.15, 0.2) is 6.33 Å². The first kappa shape index (κ1) is 15.4. The van der Waals surface area contributed by atoms with Gasteiger partial charge in [0.15, 0.2) is 17.5 Å². The van der Waals surface area contributed by atoms with Crippen molar-refractivity contribution in [2.24, 2.45) is 5.92 Å². The molecule has 0 saturated heterocycles. The molecule has 1 aliphatic carbocycles. The normalized spacial score (nSPS) is 17.4. The number of aromatic nitrogens is 4. The molecule has 1 unspecified atom stereocenters. The quantitative estimate of drug-likeness (QED) is 0.712. The van der Waals surface area contributed by atoms with Gasteiger partial charge >= 0.3 is 12.3 Å². The molecule has 0 radical (unpaired) electrons. The second-order valence-corrected chi connectivity index (χ2v) is 5.48. The molecule has 1 saturated carbocycles. The second-order valence-electron chi connectivity index (χ2n) is 5.48. The van der Waals surface area contributed by atoms with Crippen LogP contribution in [-0.2, 0) is 16.1 Å². The topological polar surface area (TPSA) is 98.2 Å². The molecule has 8 heteroatoms. The fourth-order valence-electron chi connectivity index (χ4n) is 2.40. The Morgan fingerprint density at radius 1 is 1.43 bits per heavy atom. The van der Waals surface area contributed by atoms with Gasteiger partial charge in [0, 0.05) is 10.8 Å². The Kier molecular flexibility index (Phi) is 5.24. The average Bonchev–Trinajstić information content (AvgIpc) is 2.86. The lowest BCUT2D eigenvalue weighted by atomic mass is 9.98. The molecule has 1 aromatic heterocycles. The number of Topliss-reactive ketones (excluding diaryl/α,β-unsaturated/α-hetero) is 1. The summed E-state index contributed by atoms with van der Waals surface area (Å²) in [5.41, 5.74) is 0. The van der Waals surface area contributed by atoms with Crippen LogP contribution in [0.25, 0.3) is 0 Å². The van der Waals surface area contributed by atoms with Gasteiger partial charge in [-0.25, -0.2) is 0 Å². The number of aliphatic carboxylic acids is 1. The molecule has 0 aliphatic heterocycles. The van der Waals surface area contributed by atoms with Crippen LogP contribution in [-0.4, -0.2) is 38.1 Å². The number of rotatable bonds is 7. The standard InChI is InChI=1S/C13H20N4O4/c1-10(7-13(19)20)12(18)8-16-15-14-9-17(16)21-11-5-3-2-4-6-11/h9-11H,2-8H2,1H3/p+1. The highest BCUT2D eigenvalue weighted by atomic mass is 16.7. The molecule has 1 aromatic rings. The van der Waals surface area contributed by atoms with E-state index in [4.69, 9.17) is 9.94 Å². The predicted molar refractivity (Wildman–Crippen MR) is 70.1 cm³/mol. The third kappa shape index (κ3) is 4.51.